The maximum atomic E-state index is 12.7. The highest BCUT2D eigenvalue weighted by atomic mass is 16.5. The summed E-state index contributed by atoms with van der Waals surface area (Å²) in [4.78, 5) is 38.0. The van der Waals surface area contributed by atoms with Crippen LogP contribution in [0.25, 0.3) is 0 Å². The number of amides is 4. The molecule has 25 heavy (non-hydrogen) atoms. The lowest BCUT2D eigenvalue weighted by molar-refractivity contribution is -0.141. The van der Waals surface area contributed by atoms with E-state index < -0.39 is 23.8 Å². The summed E-state index contributed by atoms with van der Waals surface area (Å²) >= 11 is 0. The predicted octanol–water partition coefficient (Wildman–Crippen LogP) is 0.232. The summed E-state index contributed by atoms with van der Waals surface area (Å²) in [7, 11) is 0. The minimum atomic E-state index is -1.15. The largest absolute Gasteiger partial charge is 0.379 e. The van der Waals surface area contributed by atoms with Crippen LogP contribution in [0.4, 0.5) is 4.79 Å². The number of morpholine rings is 1. The summed E-state index contributed by atoms with van der Waals surface area (Å²) in [6.07, 6.45) is 0. The molecule has 0 unspecified atom stereocenters. The molecule has 0 spiro atoms. The molecule has 0 saturated carbocycles. The molecule has 1 aromatic carbocycles. The van der Waals surface area contributed by atoms with Crippen molar-refractivity contribution in [2.24, 2.45) is 5.92 Å². The molecule has 1 aromatic rings. The van der Waals surface area contributed by atoms with Gasteiger partial charge in [-0.3, -0.25) is 19.8 Å². The zero-order chi connectivity index (χ0) is 17.8. The fraction of sp³-hybridized carbons (Fsp3) is 0.353. The molecule has 132 valence electrons. The third-order valence-electron chi connectivity index (χ3n) is 4.10. The van der Waals surface area contributed by atoms with E-state index in [2.05, 4.69) is 17.3 Å². The second-order valence-electron chi connectivity index (χ2n) is 5.87. The number of ether oxygens (including phenoxy) is 1. The number of nitrogens with one attached hydrogen (secondary N) is 2. The number of rotatable bonds is 5. The van der Waals surface area contributed by atoms with Crippen molar-refractivity contribution in [3.63, 3.8) is 0 Å². The number of barbiturate groups is 1. The van der Waals surface area contributed by atoms with Crippen LogP contribution in [0.1, 0.15) is 5.56 Å². The number of urea groups is 1. The van der Waals surface area contributed by atoms with E-state index in [0.29, 0.717) is 26.3 Å². The Hall–Kier alpha value is -2.71. The molecular formula is C17H20N4O4. The molecular weight excluding hydrogens is 324 g/mol. The monoisotopic (exact) mass is 344 g/mol. The van der Waals surface area contributed by atoms with Crippen LogP contribution in [0.3, 0.4) is 0 Å². The standard InChI is InChI=1S/C17H20N4O4/c1-12(19-20-7-9-25-10-8-20)14-15(22)18-17(24)21(16(14)23)11-13-5-3-2-4-6-13/h2-6,14,19H,1,7-11H2,(H,18,22,24)/t14-/m0/s1. The van der Waals surface area contributed by atoms with Gasteiger partial charge in [0.15, 0.2) is 5.92 Å². The number of hydrogen-bond acceptors (Lipinski definition) is 6. The van der Waals surface area contributed by atoms with Gasteiger partial charge in [0, 0.05) is 18.8 Å². The number of imide groups is 2. The highest BCUT2D eigenvalue weighted by molar-refractivity contribution is 6.17. The zero-order valence-electron chi connectivity index (χ0n) is 13.7. The molecule has 4 amide bonds. The van der Waals surface area contributed by atoms with E-state index in [9.17, 15) is 14.4 Å². The third-order valence-corrected chi connectivity index (χ3v) is 4.10. The molecule has 2 aliphatic rings. The van der Waals surface area contributed by atoms with Gasteiger partial charge in [0.1, 0.15) is 0 Å². The van der Waals surface area contributed by atoms with Gasteiger partial charge in [-0.05, 0) is 5.56 Å². The van der Waals surface area contributed by atoms with Crippen molar-refractivity contribution in [3.8, 4) is 0 Å². The third kappa shape index (κ3) is 3.86. The summed E-state index contributed by atoms with van der Waals surface area (Å²) < 4.78 is 5.26. The lowest BCUT2D eigenvalue weighted by Crippen LogP contribution is -2.59. The van der Waals surface area contributed by atoms with Gasteiger partial charge in [0.05, 0.1) is 19.8 Å². The van der Waals surface area contributed by atoms with Crippen LogP contribution in [0, 0.1) is 5.92 Å². The van der Waals surface area contributed by atoms with Crippen molar-refractivity contribution in [1.82, 2.24) is 20.7 Å². The van der Waals surface area contributed by atoms with Gasteiger partial charge in [-0.25, -0.2) is 9.80 Å². The SMILES string of the molecule is C=C(NN1CCOCC1)[C@H]1C(=O)NC(=O)N(Cc2ccccc2)C1=O. The van der Waals surface area contributed by atoms with Crippen LogP contribution in [0.15, 0.2) is 42.6 Å². The lowest BCUT2D eigenvalue weighted by Gasteiger charge is -2.34. The highest BCUT2D eigenvalue weighted by Crippen LogP contribution is 2.19. The Kier molecular flexibility index (Phi) is 5.11. The first-order chi connectivity index (χ1) is 12.1. The fourth-order valence-electron chi connectivity index (χ4n) is 2.78. The topological polar surface area (TPSA) is 91.0 Å². The summed E-state index contributed by atoms with van der Waals surface area (Å²) in [5, 5.41) is 4.07. The molecule has 2 fully saturated rings. The number of benzene rings is 1. The van der Waals surface area contributed by atoms with Crippen LogP contribution >= 0.6 is 0 Å². The molecule has 2 aliphatic heterocycles. The first-order valence-corrected chi connectivity index (χ1v) is 8.04. The van der Waals surface area contributed by atoms with E-state index in [-0.39, 0.29) is 12.2 Å². The van der Waals surface area contributed by atoms with Gasteiger partial charge in [-0.1, -0.05) is 36.9 Å². The Morgan fingerprint density at radius 2 is 1.88 bits per heavy atom. The fourth-order valence-corrected chi connectivity index (χ4v) is 2.78. The Morgan fingerprint density at radius 3 is 2.56 bits per heavy atom. The summed E-state index contributed by atoms with van der Waals surface area (Å²) in [5.41, 5.74) is 4.03. The molecule has 0 aliphatic carbocycles. The second-order valence-corrected chi connectivity index (χ2v) is 5.87. The van der Waals surface area contributed by atoms with Crippen molar-refractivity contribution in [3.05, 3.63) is 48.2 Å². The van der Waals surface area contributed by atoms with Crippen molar-refractivity contribution >= 4 is 17.8 Å². The van der Waals surface area contributed by atoms with Crippen LogP contribution in [0.5, 0.6) is 0 Å². The normalized spacial score (nSPS) is 21.8. The first kappa shape index (κ1) is 17.1. The Labute approximate surface area is 145 Å². The maximum Gasteiger partial charge on any atom is 0.331 e. The van der Waals surface area contributed by atoms with Gasteiger partial charge in [-0.2, -0.15) is 0 Å². The average molecular weight is 344 g/mol. The maximum absolute atomic E-state index is 12.7. The Bertz CT molecular complexity index is 685. The van der Waals surface area contributed by atoms with Crippen LogP contribution < -0.4 is 10.7 Å². The number of carbonyl (C=O) groups excluding carboxylic acids is 3. The quantitative estimate of drug-likeness (QED) is 0.743. The van der Waals surface area contributed by atoms with Gasteiger partial charge in [0.25, 0.3) is 0 Å². The molecule has 3 rings (SSSR count). The lowest BCUT2D eigenvalue weighted by atomic mass is 10.0. The first-order valence-electron chi connectivity index (χ1n) is 8.04. The average Bonchev–Trinajstić information content (AvgIpc) is 2.60. The van der Waals surface area contributed by atoms with Crippen LogP contribution in [0.2, 0.25) is 0 Å². The van der Waals surface area contributed by atoms with Crippen molar-refractivity contribution in [2.45, 2.75) is 6.54 Å². The molecule has 1 atom stereocenters. The van der Waals surface area contributed by atoms with Gasteiger partial charge in [-0.15, -0.1) is 0 Å². The van der Waals surface area contributed by atoms with Gasteiger partial charge >= 0.3 is 6.03 Å². The highest BCUT2D eigenvalue weighted by Gasteiger charge is 2.42. The Balaban J connectivity index is 1.72. The zero-order valence-corrected chi connectivity index (χ0v) is 13.7. The van der Waals surface area contributed by atoms with Crippen molar-refractivity contribution < 1.29 is 19.1 Å². The van der Waals surface area contributed by atoms with E-state index in [1.165, 1.54) is 0 Å². The van der Waals surface area contributed by atoms with Gasteiger partial charge in [0.2, 0.25) is 11.8 Å². The van der Waals surface area contributed by atoms with E-state index in [1.54, 1.807) is 0 Å². The van der Waals surface area contributed by atoms with E-state index in [1.807, 2.05) is 35.3 Å². The van der Waals surface area contributed by atoms with Crippen molar-refractivity contribution in [1.29, 1.82) is 0 Å². The molecule has 8 nitrogen and oxygen atoms in total. The molecule has 0 bridgehead atoms. The number of hydrazine groups is 1. The molecule has 2 saturated heterocycles. The minimum absolute atomic E-state index is 0.0973. The molecule has 0 aromatic heterocycles. The molecule has 2 heterocycles. The number of carbonyl (C=O) groups is 3. The summed E-state index contributed by atoms with van der Waals surface area (Å²) in [6, 6.07) is 8.41. The van der Waals surface area contributed by atoms with Gasteiger partial charge < -0.3 is 10.2 Å². The van der Waals surface area contributed by atoms with Crippen LogP contribution in [-0.2, 0) is 20.9 Å². The van der Waals surface area contributed by atoms with Crippen LogP contribution in [-0.4, -0.2) is 54.1 Å². The minimum Gasteiger partial charge on any atom is -0.379 e. The number of nitrogens with zero attached hydrogens (tertiary/aromatic N) is 2. The smallest absolute Gasteiger partial charge is 0.331 e. The number of hydrogen-bond donors (Lipinski definition) is 2. The molecule has 2 N–H and O–H groups in total. The summed E-state index contributed by atoms with van der Waals surface area (Å²) in [6.45, 7) is 6.28. The van der Waals surface area contributed by atoms with Crippen molar-refractivity contribution in [2.75, 3.05) is 26.3 Å². The van der Waals surface area contributed by atoms with E-state index in [4.69, 9.17) is 4.74 Å². The predicted molar refractivity (Wildman–Crippen MR) is 88.7 cm³/mol. The second kappa shape index (κ2) is 7.45. The molecule has 0 radical (unpaired) electrons. The Morgan fingerprint density at radius 1 is 1.20 bits per heavy atom. The summed E-state index contributed by atoms with van der Waals surface area (Å²) in [5.74, 6) is -2.39. The molecule has 8 heteroatoms. The van der Waals surface area contributed by atoms with E-state index in [0.717, 1.165) is 10.5 Å². The van der Waals surface area contributed by atoms with E-state index >= 15 is 0 Å².